The van der Waals surface area contributed by atoms with Crippen molar-refractivity contribution >= 4 is 33.0 Å². The molecule has 0 radical (unpaired) electrons. The molecule has 0 saturated heterocycles. The van der Waals surface area contributed by atoms with Crippen molar-refractivity contribution in [2.45, 2.75) is 0 Å². The summed E-state index contributed by atoms with van der Waals surface area (Å²) < 4.78 is 13.9. The van der Waals surface area contributed by atoms with Gasteiger partial charge in [0.1, 0.15) is 16.8 Å². The number of nitrogens with two attached hydrogens (primary N) is 1. The summed E-state index contributed by atoms with van der Waals surface area (Å²) in [6.45, 7) is 0. The average molecular weight is 297 g/mol. The summed E-state index contributed by atoms with van der Waals surface area (Å²) in [5.41, 5.74) is 6.79. The first-order chi connectivity index (χ1) is 7.61. The second-order valence-corrected chi connectivity index (χ2v) is 5.04. The Kier molecular flexibility index (Phi) is 2.95. The molecule has 2 rings (SSSR count). The lowest BCUT2D eigenvalue weighted by Crippen LogP contribution is -1.82. The van der Waals surface area contributed by atoms with Gasteiger partial charge in [-0.05, 0) is 24.3 Å². The van der Waals surface area contributed by atoms with E-state index in [4.69, 9.17) is 11.0 Å². The van der Waals surface area contributed by atoms with Crippen LogP contribution in [0.4, 0.5) is 10.1 Å². The van der Waals surface area contributed by atoms with Gasteiger partial charge in [-0.2, -0.15) is 5.26 Å². The third kappa shape index (κ3) is 1.94. The standard InChI is InChI=1S/C11H6BrFN2S/c12-8-2-1-6(13)3-7(8)10-4-9(15)11(5-14)16-10/h1-4H,15H2. The van der Waals surface area contributed by atoms with Crippen molar-refractivity contribution in [3.63, 3.8) is 0 Å². The molecule has 2 nitrogen and oxygen atoms in total. The van der Waals surface area contributed by atoms with E-state index >= 15 is 0 Å². The van der Waals surface area contributed by atoms with E-state index in [1.165, 1.54) is 23.5 Å². The Morgan fingerprint density at radius 3 is 2.75 bits per heavy atom. The summed E-state index contributed by atoms with van der Waals surface area (Å²) in [5, 5.41) is 8.80. The number of hydrogen-bond donors (Lipinski definition) is 1. The maximum Gasteiger partial charge on any atom is 0.128 e. The molecule has 1 heterocycles. The lowest BCUT2D eigenvalue weighted by atomic mass is 10.2. The van der Waals surface area contributed by atoms with E-state index in [0.29, 0.717) is 16.1 Å². The zero-order valence-electron chi connectivity index (χ0n) is 8.00. The van der Waals surface area contributed by atoms with Crippen LogP contribution in [-0.2, 0) is 0 Å². The molecule has 2 N–H and O–H groups in total. The number of anilines is 1. The predicted molar refractivity (Wildman–Crippen MR) is 66.5 cm³/mol. The van der Waals surface area contributed by atoms with E-state index < -0.39 is 0 Å². The van der Waals surface area contributed by atoms with Crippen molar-refractivity contribution < 1.29 is 4.39 Å². The van der Waals surface area contributed by atoms with Gasteiger partial charge in [-0.25, -0.2) is 4.39 Å². The van der Waals surface area contributed by atoms with Gasteiger partial charge in [0.15, 0.2) is 0 Å². The van der Waals surface area contributed by atoms with E-state index in [1.807, 2.05) is 6.07 Å². The van der Waals surface area contributed by atoms with Crippen LogP contribution >= 0.6 is 27.3 Å². The van der Waals surface area contributed by atoms with E-state index in [1.54, 1.807) is 12.1 Å². The Labute approximate surface area is 104 Å². The molecule has 0 amide bonds. The maximum atomic E-state index is 13.1. The highest BCUT2D eigenvalue weighted by atomic mass is 79.9. The summed E-state index contributed by atoms with van der Waals surface area (Å²) in [6.07, 6.45) is 0. The highest BCUT2D eigenvalue weighted by molar-refractivity contribution is 9.10. The van der Waals surface area contributed by atoms with Crippen molar-refractivity contribution in [2.75, 3.05) is 5.73 Å². The Bertz CT molecular complexity index is 586. The minimum Gasteiger partial charge on any atom is -0.397 e. The molecule has 0 unspecified atom stereocenters. The van der Waals surface area contributed by atoms with Crippen LogP contribution < -0.4 is 5.73 Å². The highest BCUT2D eigenvalue weighted by Crippen LogP contribution is 2.36. The first kappa shape index (κ1) is 11.1. The summed E-state index contributed by atoms with van der Waals surface area (Å²) in [5.74, 6) is -0.316. The molecule has 0 atom stereocenters. The van der Waals surface area contributed by atoms with E-state index in [9.17, 15) is 4.39 Å². The molecule has 0 fully saturated rings. The molecule has 0 spiro atoms. The van der Waals surface area contributed by atoms with Gasteiger partial charge in [0.2, 0.25) is 0 Å². The Morgan fingerprint density at radius 1 is 1.38 bits per heavy atom. The Balaban J connectivity index is 2.59. The SMILES string of the molecule is N#Cc1sc(-c2cc(F)ccc2Br)cc1N. The van der Waals surface area contributed by atoms with Crippen LogP contribution in [0.1, 0.15) is 4.88 Å². The lowest BCUT2D eigenvalue weighted by molar-refractivity contribution is 0.628. The number of nitriles is 1. The zero-order chi connectivity index (χ0) is 11.7. The molecule has 0 bridgehead atoms. The minimum atomic E-state index is -0.316. The molecular formula is C11H6BrFN2S. The van der Waals surface area contributed by atoms with Crippen LogP contribution in [0.5, 0.6) is 0 Å². The Morgan fingerprint density at radius 2 is 2.12 bits per heavy atom. The number of rotatable bonds is 1. The number of halogens is 2. The van der Waals surface area contributed by atoms with E-state index in [-0.39, 0.29) is 5.82 Å². The van der Waals surface area contributed by atoms with Crippen molar-refractivity contribution in [2.24, 2.45) is 0 Å². The van der Waals surface area contributed by atoms with Crippen LogP contribution in [-0.4, -0.2) is 0 Å². The van der Waals surface area contributed by atoms with Gasteiger partial charge in [-0.15, -0.1) is 11.3 Å². The van der Waals surface area contributed by atoms with Gasteiger partial charge in [-0.3, -0.25) is 0 Å². The van der Waals surface area contributed by atoms with Gasteiger partial charge in [-0.1, -0.05) is 15.9 Å². The lowest BCUT2D eigenvalue weighted by Gasteiger charge is -2.00. The van der Waals surface area contributed by atoms with Gasteiger partial charge in [0, 0.05) is 14.9 Å². The monoisotopic (exact) mass is 296 g/mol. The fraction of sp³-hybridized carbons (Fsp3) is 0. The topological polar surface area (TPSA) is 49.8 Å². The molecule has 2 aromatic rings. The molecule has 0 saturated carbocycles. The molecule has 1 aromatic carbocycles. The van der Waals surface area contributed by atoms with E-state index in [2.05, 4.69) is 15.9 Å². The average Bonchev–Trinajstić information content (AvgIpc) is 2.63. The van der Waals surface area contributed by atoms with Crippen molar-refractivity contribution in [1.82, 2.24) is 0 Å². The molecule has 5 heteroatoms. The van der Waals surface area contributed by atoms with Gasteiger partial charge in [0.25, 0.3) is 0 Å². The zero-order valence-corrected chi connectivity index (χ0v) is 10.4. The third-order valence-corrected chi connectivity index (χ3v) is 3.84. The van der Waals surface area contributed by atoms with Gasteiger partial charge >= 0.3 is 0 Å². The van der Waals surface area contributed by atoms with Crippen LogP contribution in [0, 0.1) is 17.1 Å². The second-order valence-electron chi connectivity index (χ2n) is 3.13. The number of hydrogen-bond acceptors (Lipinski definition) is 3. The molecule has 0 aliphatic heterocycles. The molecule has 0 aliphatic rings. The van der Waals surface area contributed by atoms with Crippen LogP contribution in [0.3, 0.4) is 0 Å². The summed E-state index contributed by atoms with van der Waals surface area (Å²) in [7, 11) is 0. The largest absolute Gasteiger partial charge is 0.397 e. The number of thiophene rings is 1. The fourth-order valence-corrected chi connectivity index (χ4v) is 2.81. The highest BCUT2D eigenvalue weighted by Gasteiger charge is 2.11. The van der Waals surface area contributed by atoms with Crippen molar-refractivity contribution in [3.05, 3.63) is 39.4 Å². The van der Waals surface area contributed by atoms with Gasteiger partial charge < -0.3 is 5.73 Å². The maximum absolute atomic E-state index is 13.1. The number of nitrogen functional groups attached to an aromatic ring is 1. The fourth-order valence-electron chi connectivity index (χ4n) is 1.31. The molecule has 80 valence electrons. The van der Waals surface area contributed by atoms with E-state index in [0.717, 1.165) is 9.35 Å². The minimum absolute atomic E-state index is 0.316. The number of benzene rings is 1. The van der Waals surface area contributed by atoms with Gasteiger partial charge in [0.05, 0.1) is 5.69 Å². The molecule has 16 heavy (non-hydrogen) atoms. The normalized spacial score (nSPS) is 10.1. The predicted octanol–water partition coefficient (Wildman–Crippen LogP) is 3.77. The van der Waals surface area contributed by atoms with Crippen LogP contribution in [0.25, 0.3) is 10.4 Å². The quantitative estimate of drug-likeness (QED) is 0.871. The smallest absolute Gasteiger partial charge is 0.128 e. The molecule has 0 aliphatic carbocycles. The molecule has 1 aromatic heterocycles. The third-order valence-electron chi connectivity index (χ3n) is 2.06. The van der Waals surface area contributed by atoms with Crippen molar-refractivity contribution in [1.29, 1.82) is 5.26 Å². The summed E-state index contributed by atoms with van der Waals surface area (Å²) in [4.78, 5) is 1.23. The summed E-state index contributed by atoms with van der Waals surface area (Å²) in [6, 6.07) is 8.10. The van der Waals surface area contributed by atoms with Crippen molar-refractivity contribution in [3.8, 4) is 16.5 Å². The van der Waals surface area contributed by atoms with Crippen LogP contribution in [0.15, 0.2) is 28.7 Å². The molecular weight excluding hydrogens is 291 g/mol. The van der Waals surface area contributed by atoms with Crippen LogP contribution in [0.2, 0.25) is 0 Å². The summed E-state index contributed by atoms with van der Waals surface area (Å²) >= 11 is 4.59. The Hall–Kier alpha value is -1.38. The number of nitrogens with zero attached hydrogens (tertiary/aromatic N) is 1. The first-order valence-electron chi connectivity index (χ1n) is 4.36. The second kappa shape index (κ2) is 4.24. The first-order valence-corrected chi connectivity index (χ1v) is 5.97.